The molecule has 0 aliphatic heterocycles. The molecule has 18 nitrogen and oxygen atoms in total. The highest BCUT2D eigenvalue weighted by Crippen LogP contribution is 2.47. The van der Waals surface area contributed by atoms with Gasteiger partial charge in [0.05, 0.1) is 119 Å². The first-order valence-electron chi connectivity index (χ1n) is 37.8. The molecule has 0 saturated heterocycles. The van der Waals surface area contributed by atoms with Gasteiger partial charge in [-0.05, 0) is 107 Å². The van der Waals surface area contributed by atoms with Crippen LogP contribution in [0.3, 0.4) is 0 Å². The first kappa shape index (κ1) is 84.4. The van der Waals surface area contributed by atoms with E-state index in [1.54, 1.807) is 0 Å². The van der Waals surface area contributed by atoms with Crippen molar-refractivity contribution in [2.24, 2.45) is 0 Å². The Bertz CT molecular complexity index is 1970. The molecule has 96 heavy (non-hydrogen) atoms. The molecule has 4 aromatic carbocycles. The third-order valence-corrected chi connectivity index (χ3v) is 16.1. The average molecular weight is 1360 g/mol. The number of hydrogen-bond donors (Lipinski definition) is 0. The quantitative estimate of drug-likeness (QED) is 0.0302. The van der Waals surface area contributed by atoms with Gasteiger partial charge < -0.3 is 85.3 Å². The van der Waals surface area contributed by atoms with Crippen molar-refractivity contribution in [1.29, 1.82) is 0 Å². The normalized spacial score (nSPS) is 11.7. The summed E-state index contributed by atoms with van der Waals surface area (Å²) in [5.41, 5.74) is 0. The topological polar surface area (TPSA) is 166 Å². The van der Waals surface area contributed by atoms with Gasteiger partial charge in [-0.1, -0.05) is 157 Å². The van der Waals surface area contributed by atoms with Crippen LogP contribution >= 0.6 is 0 Å². The highest BCUT2D eigenvalue weighted by Gasteiger charge is 2.21. The maximum Gasteiger partial charge on any atom is 0.161 e. The summed E-state index contributed by atoms with van der Waals surface area (Å²) in [5.74, 6) is 3.34. The molecule has 0 aromatic heterocycles. The van der Waals surface area contributed by atoms with Gasteiger partial charge in [0.2, 0.25) is 0 Å². The van der Waals surface area contributed by atoms with Crippen molar-refractivity contribution < 1.29 is 85.3 Å². The number of benzene rings is 4. The van der Waals surface area contributed by atoms with Gasteiger partial charge in [-0.25, -0.2) is 0 Å². The number of unbranched alkanes of at least 4 members (excludes halogenated alkanes) is 18. The number of fused-ring (bicyclic) bond motifs is 6. The van der Waals surface area contributed by atoms with Crippen LogP contribution in [0.4, 0.5) is 0 Å². The van der Waals surface area contributed by atoms with Crippen LogP contribution in [0.2, 0.25) is 0 Å². The lowest BCUT2D eigenvalue weighted by atomic mass is 9.93. The number of ether oxygens (including phenoxy) is 18. The van der Waals surface area contributed by atoms with Crippen LogP contribution in [0.1, 0.15) is 196 Å². The van der Waals surface area contributed by atoms with Crippen LogP contribution in [0.25, 0.3) is 32.3 Å². The molecule has 0 atom stereocenters. The average Bonchev–Trinajstić information content (AvgIpc) is 0.729. The summed E-state index contributed by atoms with van der Waals surface area (Å²) in [7, 11) is 0. The van der Waals surface area contributed by atoms with E-state index in [9.17, 15) is 0 Å². The zero-order valence-corrected chi connectivity index (χ0v) is 61.0. The molecule has 0 aliphatic carbocycles. The van der Waals surface area contributed by atoms with Crippen LogP contribution in [-0.4, -0.2) is 198 Å². The van der Waals surface area contributed by atoms with Gasteiger partial charge in [-0.2, -0.15) is 0 Å². The Labute approximate surface area is 579 Å². The van der Waals surface area contributed by atoms with Crippen molar-refractivity contribution in [2.45, 2.75) is 196 Å². The Morgan fingerprint density at radius 2 is 0.271 bits per heavy atom. The minimum atomic E-state index is 0.279. The second-order valence-corrected chi connectivity index (χ2v) is 24.3. The predicted octanol–water partition coefficient (Wildman–Crippen LogP) is 17.1. The number of rotatable bonds is 72. The van der Waals surface area contributed by atoms with E-state index in [2.05, 4.69) is 77.9 Å². The molecule has 0 saturated carbocycles. The van der Waals surface area contributed by atoms with E-state index in [1.807, 2.05) is 0 Å². The highest BCUT2D eigenvalue weighted by molar-refractivity contribution is 6.26. The largest absolute Gasteiger partial charge is 0.487 e. The van der Waals surface area contributed by atoms with Crippen LogP contribution in [0.15, 0.2) is 36.4 Å². The van der Waals surface area contributed by atoms with Gasteiger partial charge in [0.25, 0.3) is 0 Å². The molecule has 0 heterocycles. The molecule has 0 fully saturated rings. The van der Waals surface area contributed by atoms with Crippen molar-refractivity contribution in [3.8, 4) is 34.5 Å². The third-order valence-electron chi connectivity index (χ3n) is 16.1. The summed E-state index contributed by atoms with van der Waals surface area (Å²) in [6, 6.07) is 12.4. The van der Waals surface area contributed by atoms with Crippen LogP contribution in [0, 0.1) is 0 Å². The van der Waals surface area contributed by atoms with Gasteiger partial charge in [0.1, 0.15) is 39.6 Å². The predicted molar refractivity (Wildman–Crippen MR) is 387 cm³/mol. The first-order chi connectivity index (χ1) is 47.6. The Balaban J connectivity index is 1.78. The molecule has 0 radical (unpaired) electrons. The van der Waals surface area contributed by atoms with Crippen molar-refractivity contribution in [3.05, 3.63) is 36.4 Å². The smallest absolute Gasteiger partial charge is 0.161 e. The van der Waals surface area contributed by atoms with Crippen molar-refractivity contribution in [1.82, 2.24) is 0 Å². The van der Waals surface area contributed by atoms with E-state index in [0.717, 1.165) is 110 Å². The lowest BCUT2D eigenvalue weighted by Gasteiger charge is -2.21. The van der Waals surface area contributed by atoms with Gasteiger partial charge >= 0.3 is 0 Å². The summed E-state index contributed by atoms with van der Waals surface area (Å²) >= 11 is 0. The lowest BCUT2D eigenvalue weighted by molar-refractivity contribution is 0.0321. The minimum Gasteiger partial charge on any atom is -0.487 e. The van der Waals surface area contributed by atoms with E-state index in [-0.39, 0.29) is 39.6 Å². The fourth-order valence-corrected chi connectivity index (χ4v) is 10.7. The maximum atomic E-state index is 6.68. The van der Waals surface area contributed by atoms with Gasteiger partial charge in [0, 0.05) is 39.6 Å². The molecule has 0 aliphatic rings. The van der Waals surface area contributed by atoms with E-state index in [0.29, 0.717) is 153 Å². The molecule has 0 amide bonds. The van der Waals surface area contributed by atoms with Crippen LogP contribution < -0.4 is 28.4 Å². The summed E-state index contributed by atoms with van der Waals surface area (Å²) in [6.07, 6.45) is 27.8. The van der Waals surface area contributed by atoms with E-state index in [4.69, 9.17) is 85.3 Å². The van der Waals surface area contributed by atoms with Crippen molar-refractivity contribution in [3.63, 3.8) is 0 Å². The van der Waals surface area contributed by atoms with E-state index >= 15 is 0 Å². The zero-order chi connectivity index (χ0) is 68.1. The molecule has 552 valence electrons. The summed E-state index contributed by atoms with van der Waals surface area (Å²) < 4.78 is 112. The Morgan fingerprint density at radius 3 is 0.406 bits per heavy atom. The standard InChI is InChI=1S/C78H132O18/c1-7-13-19-25-31-79-37-43-85-49-55-91-73-61-67-68(62-74(73)92-56-50-86-44-38-80-32-26-20-14-8-2)70-64-76(94-58-52-88-46-40-82-34-28-22-16-10-4)78(96-60-54-90-48-42-84-36-30-24-18-12-6)66-72(70)71-65-77(95-59-53-89-47-41-83-35-29-23-17-11-5)75(63-69(67)71)93-57-51-87-45-39-81-33-27-21-15-9-3/h61-66H,7-60H2,1-6H3. The molecule has 0 unspecified atom stereocenters. The minimum absolute atomic E-state index is 0.279. The van der Waals surface area contributed by atoms with Crippen molar-refractivity contribution in [2.75, 3.05) is 198 Å². The molecule has 0 spiro atoms. The molecule has 0 bridgehead atoms. The van der Waals surface area contributed by atoms with Gasteiger partial charge in [0.15, 0.2) is 34.5 Å². The third kappa shape index (κ3) is 39.7. The highest BCUT2D eigenvalue weighted by atomic mass is 16.6. The summed E-state index contributed by atoms with van der Waals surface area (Å²) in [4.78, 5) is 0. The summed E-state index contributed by atoms with van der Waals surface area (Å²) in [5, 5.41) is 5.36. The molecule has 4 aromatic rings. The van der Waals surface area contributed by atoms with E-state index in [1.165, 1.54) is 116 Å². The van der Waals surface area contributed by atoms with Crippen LogP contribution in [0.5, 0.6) is 34.5 Å². The molecule has 18 heteroatoms. The lowest BCUT2D eigenvalue weighted by Crippen LogP contribution is -2.14. The second-order valence-electron chi connectivity index (χ2n) is 24.3. The summed E-state index contributed by atoms with van der Waals surface area (Å²) in [6.45, 7) is 27.5. The number of hydrogen-bond acceptors (Lipinski definition) is 18. The van der Waals surface area contributed by atoms with Crippen LogP contribution in [-0.2, 0) is 56.8 Å². The Kier molecular flexibility index (Phi) is 53.5. The fourth-order valence-electron chi connectivity index (χ4n) is 10.7. The molecular formula is C78H132O18. The van der Waals surface area contributed by atoms with Crippen molar-refractivity contribution >= 4 is 32.3 Å². The molecule has 0 N–H and O–H groups in total. The fraction of sp³-hybridized carbons (Fsp3) is 0.769. The monoisotopic (exact) mass is 1360 g/mol. The first-order valence-corrected chi connectivity index (χ1v) is 37.8. The van der Waals surface area contributed by atoms with Gasteiger partial charge in [-0.3, -0.25) is 0 Å². The Hall–Kier alpha value is -4.02. The SMILES string of the molecule is CCCCCCOCCOCCOc1cc2c3cc(OCCOCCOCCCCCC)c(OCCOCCOCCCCCC)cc3c3cc(OCCOCCOCCCCCC)c(OCCOCCOCCCCCC)cc3c2cc1OCCOCCOCCCCCC. The zero-order valence-electron chi connectivity index (χ0n) is 61.0. The molecule has 4 rings (SSSR count). The second kappa shape index (κ2) is 60.9. The Morgan fingerprint density at radius 1 is 0.146 bits per heavy atom. The van der Waals surface area contributed by atoms with Gasteiger partial charge in [-0.15, -0.1) is 0 Å². The molecular weight excluding hydrogens is 1220 g/mol. The maximum absolute atomic E-state index is 6.68. The van der Waals surface area contributed by atoms with E-state index < -0.39 is 0 Å².